The van der Waals surface area contributed by atoms with Gasteiger partial charge < -0.3 is 10.1 Å². The van der Waals surface area contributed by atoms with Gasteiger partial charge in [0, 0.05) is 12.1 Å². The molecule has 1 aromatic carbocycles. The lowest BCUT2D eigenvalue weighted by atomic mass is 10.0. The highest BCUT2D eigenvalue weighted by Crippen LogP contribution is 2.30. The van der Waals surface area contributed by atoms with Crippen LogP contribution in [0.3, 0.4) is 0 Å². The van der Waals surface area contributed by atoms with Crippen molar-refractivity contribution in [3.05, 3.63) is 28.2 Å². The molecule has 1 aliphatic carbocycles. The molecule has 24 heavy (non-hydrogen) atoms. The highest BCUT2D eigenvalue weighted by atomic mass is 35.5. The van der Waals surface area contributed by atoms with Crippen molar-refractivity contribution in [1.82, 2.24) is 5.32 Å². The monoisotopic (exact) mass is 370 g/mol. The molecule has 0 bridgehead atoms. The van der Waals surface area contributed by atoms with Gasteiger partial charge in [0.2, 0.25) is 5.91 Å². The molecular weight excluding hydrogens is 351 g/mol. The molecule has 1 N–H and O–H groups in total. The first-order valence-electron chi connectivity index (χ1n) is 8.23. The summed E-state index contributed by atoms with van der Waals surface area (Å²) in [4.78, 5) is 25.5. The number of rotatable bonds is 5. The van der Waals surface area contributed by atoms with E-state index >= 15 is 0 Å². The minimum Gasteiger partial charge on any atom is -0.442 e. The van der Waals surface area contributed by atoms with E-state index in [1.807, 2.05) is 0 Å². The third kappa shape index (κ3) is 4.14. The fraction of sp³-hybridized carbons (Fsp3) is 0.529. The zero-order valence-electron chi connectivity index (χ0n) is 13.3. The summed E-state index contributed by atoms with van der Waals surface area (Å²) in [6.07, 6.45) is 4.47. The van der Waals surface area contributed by atoms with Crippen molar-refractivity contribution in [2.75, 3.05) is 18.0 Å². The van der Waals surface area contributed by atoms with E-state index in [0.717, 1.165) is 12.8 Å². The maximum atomic E-state index is 12.0. The highest BCUT2D eigenvalue weighted by Gasteiger charge is 2.33. The molecule has 2 amide bonds. The Morgan fingerprint density at radius 1 is 1.25 bits per heavy atom. The zero-order chi connectivity index (χ0) is 17.1. The van der Waals surface area contributed by atoms with Crippen LogP contribution in [0.1, 0.15) is 32.1 Å². The third-order valence-electron chi connectivity index (χ3n) is 4.56. The molecular formula is C17H20Cl2N2O3. The minimum absolute atomic E-state index is 0.0333. The Hall–Kier alpha value is -1.46. The first kappa shape index (κ1) is 17.4. The molecule has 0 aromatic heterocycles. The Morgan fingerprint density at radius 2 is 2.00 bits per heavy atom. The maximum Gasteiger partial charge on any atom is 0.414 e. The number of ether oxygens (including phenoxy) is 1. The Morgan fingerprint density at radius 3 is 2.71 bits per heavy atom. The first-order chi connectivity index (χ1) is 11.5. The Balaban J connectivity index is 1.50. The van der Waals surface area contributed by atoms with E-state index in [2.05, 4.69) is 5.32 Å². The van der Waals surface area contributed by atoms with E-state index in [9.17, 15) is 9.59 Å². The molecule has 1 saturated heterocycles. The molecule has 3 rings (SSSR count). The number of carbonyl (C=O) groups is 2. The van der Waals surface area contributed by atoms with Gasteiger partial charge in [0.25, 0.3) is 0 Å². The topological polar surface area (TPSA) is 58.6 Å². The van der Waals surface area contributed by atoms with Crippen LogP contribution in [0.4, 0.5) is 10.5 Å². The van der Waals surface area contributed by atoms with Crippen LogP contribution >= 0.6 is 23.2 Å². The summed E-state index contributed by atoms with van der Waals surface area (Å²) in [7, 11) is 0. The van der Waals surface area contributed by atoms with Crippen molar-refractivity contribution in [3.8, 4) is 0 Å². The van der Waals surface area contributed by atoms with Crippen LogP contribution in [0.15, 0.2) is 18.2 Å². The number of hydrogen-bond donors (Lipinski definition) is 1. The SMILES string of the molecule is O=C(CC1CCCC1)NCC1CN(c2ccc(Cl)c(Cl)c2)C(=O)O1. The molecule has 5 nitrogen and oxygen atoms in total. The van der Waals surface area contributed by atoms with Gasteiger partial charge in [0.05, 0.1) is 23.1 Å². The van der Waals surface area contributed by atoms with E-state index < -0.39 is 6.09 Å². The number of benzene rings is 1. The second-order valence-electron chi connectivity index (χ2n) is 6.37. The van der Waals surface area contributed by atoms with Gasteiger partial charge in [-0.2, -0.15) is 0 Å². The number of anilines is 1. The van der Waals surface area contributed by atoms with E-state index in [-0.39, 0.29) is 12.0 Å². The van der Waals surface area contributed by atoms with Crippen LogP contribution in [-0.4, -0.2) is 31.2 Å². The van der Waals surface area contributed by atoms with Crippen molar-refractivity contribution in [2.45, 2.75) is 38.2 Å². The Kier molecular flexibility index (Phi) is 5.51. The van der Waals surface area contributed by atoms with Gasteiger partial charge in [-0.1, -0.05) is 36.0 Å². The number of nitrogens with zero attached hydrogens (tertiary/aromatic N) is 1. The molecule has 1 aliphatic heterocycles. The number of amides is 2. The smallest absolute Gasteiger partial charge is 0.414 e. The summed E-state index contributed by atoms with van der Waals surface area (Å²) < 4.78 is 5.32. The van der Waals surface area contributed by atoms with Crippen molar-refractivity contribution in [2.24, 2.45) is 5.92 Å². The summed E-state index contributed by atoms with van der Waals surface area (Å²) in [6, 6.07) is 4.99. The molecule has 2 aliphatic rings. The van der Waals surface area contributed by atoms with Gasteiger partial charge in [-0.15, -0.1) is 0 Å². The van der Waals surface area contributed by atoms with Gasteiger partial charge in [0.1, 0.15) is 6.10 Å². The molecule has 1 saturated carbocycles. The van der Waals surface area contributed by atoms with Crippen LogP contribution < -0.4 is 10.2 Å². The molecule has 7 heteroatoms. The zero-order valence-corrected chi connectivity index (χ0v) is 14.8. The quantitative estimate of drug-likeness (QED) is 0.851. The summed E-state index contributed by atoms with van der Waals surface area (Å²) in [6.45, 7) is 0.704. The van der Waals surface area contributed by atoms with E-state index in [4.69, 9.17) is 27.9 Å². The number of carbonyl (C=O) groups excluding carboxylic acids is 2. The standard InChI is InChI=1S/C17H20Cl2N2O3/c18-14-6-5-12(8-15(14)19)21-10-13(24-17(21)23)9-20-16(22)7-11-3-1-2-4-11/h5-6,8,11,13H,1-4,7,9-10H2,(H,20,22). The fourth-order valence-electron chi connectivity index (χ4n) is 3.27. The Bertz CT molecular complexity index is 632. The summed E-state index contributed by atoms with van der Waals surface area (Å²) in [5.41, 5.74) is 0.634. The van der Waals surface area contributed by atoms with Gasteiger partial charge in [-0.3, -0.25) is 9.69 Å². The van der Waals surface area contributed by atoms with Gasteiger partial charge in [-0.05, 0) is 37.0 Å². The van der Waals surface area contributed by atoms with E-state index in [1.54, 1.807) is 18.2 Å². The van der Waals surface area contributed by atoms with Crippen molar-refractivity contribution >= 4 is 40.9 Å². The van der Waals surface area contributed by atoms with E-state index in [0.29, 0.717) is 41.2 Å². The fourth-order valence-corrected chi connectivity index (χ4v) is 3.56. The predicted octanol–water partition coefficient (Wildman–Crippen LogP) is 4.02. The van der Waals surface area contributed by atoms with Crippen molar-refractivity contribution in [1.29, 1.82) is 0 Å². The van der Waals surface area contributed by atoms with Crippen LogP contribution in [-0.2, 0) is 9.53 Å². The lowest BCUT2D eigenvalue weighted by Gasteiger charge is -2.14. The summed E-state index contributed by atoms with van der Waals surface area (Å²) in [5, 5.41) is 3.69. The third-order valence-corrected chi connectivity index (χ3v) is 5.30. The highest BCUT2D eigenvalue weighted by molar-refractivity contribution is 6.42. The second kappa shape index (κ2) is 7.62. The minimum atomic E-state index is -0.441. The lowest BCUT2D eigenvalue weighted by Crippen LogP contribution is -2.35. The van der Waals surface area contributed by atoms with Crippen LogP contribution in [0.2, 0.25) is 10.0 Å². The van der Waals surface area contributed by atoms with Crippen LogP contribution in [0.5, 0.6) is 0 Å². The second-order valence-corrected chi connectivity index (χ2v) is 7.19. The molecule has 1 atom stereocenters. The number of nitrogens with one attached hydrogen (secondary N) is 1. The predicted molar refractivity (Wildman–Crippen MR) is 93.7 cm³/mol. The normalized spacial score (nSPS) is 21.2. The van der Waals surface area contributed by atoms with Crippen LogP contribution in [0.25, 0.3) is 0 Å². The number of hydrogen-bond acceptors (Lipinski definition) is 3. The molecule has 2 fully saturated rings. The van der Waals surface area contributed by atoms with Crippen molar-refractivity contribution in [3.63, 3.8) is 0 Å². The summed E-state index contributed by atoms with van der Waals surface area (Å²) in [5.74, 6) is 0.537. The van der Waals surface area contributed by atoms with Gasteiger partial charge >= 0.3 is 6.09 Å². The molecule has 0 radical (unpaired) electrons. The van der Waals surface area contributed by atoms with E-state index in [1.165, 1.54) is 17.7 Å². The van der Waals surface area contributed by atoms with Gasteiger partial charge in [-0.25, -0.2) is 4.79 Å². The maximum absolute atomic E-state index is 12.0. The van der Waals surface area contributed by atoms with Crippen LogP contribution in [0, 0.1) is 5.92 Å². The largest absolute Gasteiger partial charge is 0.442 e. The van der Waals surface area contributed by atoms with Crippen molar-refractivity contribution < 1.29 is 14.3 Å². The first-order valence-corrected chi connectivity index (χ1v) is 8.98. The average molecular weight is 371 g/mol. The van der Waals surface area contributed by atoms with Gasteiger partial charge in [0.15, 0.2) is 0 Å². The number of halogens is 2. The molecule has 130 valence electrons. The Labute approximate surface area is 151 Å². The number of cyclic esters (lactones) is 1. The molecule has 0 spiro atoms. The average Bonchev–Trinajstić information content (AvgIpc) is 3.18. The molecule has 1 heterocycles. The lowest BCUT2D eigenvalue weighted by molar-refractivity contribution is -0.122. The molecule has 1 unspecified atom stereocenters. The molecule has 1 aromatic rings. The summed E-state index contributed by atoms with van der Waals surface area (Å²) >= 11 is 11.9.